The van der Waals surface area contributed by atoms with Gasteiger partial charge in [0.25, 0.3) is 5.91 Å². The zero-order valence-electron chi connectivity index (χ0n) is 15.4. The molecule has 0 spiro atoms. The van der Waals surface area contributed by atoms with Crippen molar-refractivity contribution in [1.82, 2.24) is 24.8 Å². The fraction of sp³-hybridized carbons (Fsp3) is 0.350. The number of morpholine rings is 1. The first-order valence-corrected chi connectivity index (χ1v) is 9.17. The highest BCUT2D eigenvalue weighted by Gasteiger charge is 2.17. The number of benzene rings is 1. The Morgan fingerprint density at radius 3 is 2.70 bits per heavy atom. The molecule has 3 aromatic rings. The second kappa shape index (κ2) is 7.85. The first kappa shape index (κ1) is 17.6. The molecule has 140 valence electrons. The number of nitrogens with one attached hydrogen (secondary N) is 1. The smallest absolute Gasteiger partial charge is 0.257 e. The van der Waals surface area contributed by atoms with Gasteiger partial charge in [0.2, 0.25) is 0 Å². The van der Waals surface area contributed by atoms with Crippen LogP contribution in [0.15, 0.2) is 42.7 Å². The lowest BCUT2D eigenvalue weighted by Crippen LogP contribution is -2.35. The molecule has 0 radical (unpaired) electrons. The summed E-state index contributed by atoms with van der Waals surface area (Å²) in [5.41, 5.74) is 4.12. The van der Waals surface area contributed by atoms with Crippen molar-refractivity contribution in [2.75, 3.05) is 26.3 Å². The highest BCUT2D eigenvalue weighted by Crippen LogP contribution is 2.13. The second-order valence-electron chi connectivity index (χ2n) is 6.74. The molecule has 7 heteroatoms. The van der Waals surface area contributed by atoms with E-state index in [-0.39, 0.29) is 5.91 Å². The van der Waals surface area contributed by atoms with Gasteiger partial charge < -0.3 is 10.1 Å². The number of aromatic nitrogens is 3. The van der Waals surface area contributed by atoms with Gasteiger partial charge in [0.05, 0.1) is 18.9 Å². The molecule has 0 aliphatic carbocycles. The van der Waals surface area contributed by atoms with Crippen LogP contribution >= 0.6 is 0 Å². The van der Waals surface area contributed by atoms with Crippen LogP contribution in [0.3, 0.4) is 0 Å². The average Bonchev–Trinajstić information content (AvgIpc) is 3.04. The molecule has 1 fully saturated rings. The van der Waals surface area contributed by atoms with Crippen molar-refractivity contribution in [3.05, 3.63) is 65.1 Å². The molecular weight excluding hydrogens is 342 g/mol. The molecule has 7 nitrogen and oxygen atoms in total. The Labute approximate surface area is 158 Å². The molecule has 0 atom stereocenters. The van der Waals surface area contributed by atoms with Crippen LogP contribution < -0.4 is 5.32 Å². The molecule has 1 aromatic carbocycles. The Kier molecular flexibility index (Phi) is 5.13. The Hall–Kier alpha value is -2.77. The van der Waals surface area contributed by atoms with Crippen molar-refractivity contribution in [1.29, 1.82) is 0 Å². The van der Waals surface area contributed by atoms with Crippen molar-refractivity contribution in [3.8, 4) is 0 Å². The van der Waals surface area contributed by atoms with E-state index in [9.17, 15) is 4.79 Å². The van der Waals surface area contributed by atoms with Crippen molar-refractivity contribution in [2.24, 2.45) is 0 Å². The largest absolute Gasteiger partial charge is 0.379 e. The van der Waals surface area contributed by atoms with Crippen molar-refractivity contribution in [3.63, 3.8) is 0 Å². The number of carbonyl (C=O) groups excluding carboxylic acids is 1. The third kappa shape index (κ3) is 3.99. The zero-order valence-corrected chi connectivity index (χ0v) is 15.4. The van der Waals surface area contributed by atoms with Crippen molar-refractivity contribution >= 4 is 11.6 Å². The van der Waals surface area contributed by atoms with Crippen molar-refractivity contribution in [2.45, 2.75) is 20.0 Å². The number of ether oxygens (including phenoxy) is 1. The molecule has 0 bridgehead atoms. The van der Waals surface area contributed by atoms with E-state index in [4.69, 9.17) is 4.74 Å². The van der Waals surface area contributed by atoms with Crippen LogP contribution in [-0.2, 0) is 17.8 Å². The molecule has 1 saturated heterocycles. The third-order valence-electron chi connectivity index (χ3n) is 4.78. The van der Waals surface area contributed by atoms with Gasteiger partial charge in [-0.15, -0.1) is 0 Å². The predicted octanol–water partition coefficient (Wildman–Crippen LogP) is 1.80. The van der Waals surface area contributed by atoms with E-state index in [0.717, 1.165) is 38.4 Å². The summed E-state index contributed by atoms with van der Waals surface area (Å²) in [4.78, 5) is 19.3. The molecule has 0 unspecified atom stereocenters. The van der Waals surface area contributed by atoms with Gasteiger partial charge in [0.1, 0.15) is 5.56 Å². The van der Waals surface area contributed by atoms with Crippen LogP contribution in [0.2, 0.25) is 0 Å². The van der Waals surface area contributed by atoms with E-state index in [1.54, 1.807) is 23.0 Å². The van der Waals surface area contributed by atoms with Crippen molar-refractivity contribution < 1.29 is 9.53 Å². The molecule has 1 aliphatic rings. The van der Waals surface area contributed by atoms with Gasteiger partial charge in [0, 0.05) is 38.6 Å². The Morgan fingerprint density at radius 1 is 1.19 bits per heavy atom. The topological polar surface area (TPSA) is 71.8 Å². The SMILES string of the molecule is Cc1nn2cccnc2c1C(=O)NCc1ccc(CN2CCOCC2)cc1. The molecule has 1 amide bonds. The number of aryl methyl sites for hydroxylation is 1. The lowest BCUT2D eigenvalue weighted by molar-refractivity contribution is 0.0342. The maximum atomic E-state index is 12.6. The minimum atomic E-state index is -0.154. The molecule has 3 heterocycles. The van der Waals surface area contributed by atoms with E-state index in [0.29, 0.717) is 23.4 Å². The van der Waals surface area contributed by atoms with Gasteiger partial charge in [-0.3, -0.25) is 9.69 Å². The molecular formula is C20H23N5O2. The first-order chi connectivity index (χ1) is 13.2. The molecule has 2 aromatic heterocycles. The summed E-state index contributed by atoms with van der Waals surface area (Å²) >= 11 is 0. The summed E-state index contributed by atoms with van der Waals surface area (Å²) < 4.78 is 7.01. The van der Waals surface area contributed by atoms with Crippen LogP contribution in [0.4, 0.5) is 0 Å². The lowest BCUT2D eigenvalue weighted by Gasteiger charge is -2.26. The molecule has 0 saturated carbocycles. The number of nitrogens with zero attached hydrogens (tertiary/aromatic N) is 4. The summed E-state index contributed by atoms with van der Waals surface area (Å²) in [7, 11) is 0. The van der Waals surface area contributed by atoms with E-state index in [1.165, 1.54) is 5.56 Å². The summed E-state index contributed by atoms with van der Waals surface area (Å²) in [5, 5.41) is 7.31. The third-order valence-corrected chi connectivity index (χ3v) is 4.78. The highest BCUT2D eigenvalue weighted by atomic mass is 16.5. The zero-order chi connectivity index (χ0) is 18.6. The number of hydrogen-bond donors (Lipinski definition) is 1. The quantitative estimate of drug-likeness (QED) is 0.747. The Bertz CT molecular complexity index is 929. The number of fused-ring (bicyclic) bond motifs is 1. The number of amides is 1. The van der Waals surface area contributed by atoms with E-state index < -0.39 is 0 Å². The van der Waals surface area contributed by atoms with Gasteiger partial charge in [-0.05, 0) is 24.1 Å². The van der Waals surface area contributed by atoms with E-state index in [1.807, 2.05) is 6.92 Å². The maximum Gasteiger partial charge on any atom is 0.257 e. The normalized spacial score (nSPS) is 15.1. The van der Waals surface area contributed by atoms with Crippen LogP contribution in [0.5, 0.6) is 0 Å². The summed E-state index contributed by atoms with van der Waals surface area (Å²) in [6, 6.07) is 10.2. The van der Waals surface area contributed by atoms with E-state index >= 15 is 0 Å². The first-order valence-electron chi connectivity index (χ1n) is 9.17. The molecule has 27 heavy (non-hydrogen) atoms. The predicted molar refractivity (Wildman–Crippen MR) is 101 cm³/mol. The second-order valence-corrected chi connectivity index (χ2v) is 6.74. The average molecular weight is 365 g/mol. The summed E-state index contributed by atoms with van der Waals surface area (Å²) in [6.07, 6.45) is 3.46. The fourth-order valence-corrected chi connectivity index (χ4v) is 3.31. The molecule has 4 rings (SSSR count). The number of carbonyl (C=O) groups is 1. The summed E-state index contributed by atoms with van der Waals surface area (Å²) in [5.74, 6) is -0.154. The standard InChI is InChI=1S/C20H23N5O2/c1-15-18(19-21-7-2-8-25(19)23-15)20(26)22-13-16-3-5-17(6-4-16)14-24-9-11-27-12-10-24/h2-8H,9-14H2,1H3,(H,22,26). The van der Waals surface area contributed by atoms with Crippen LogP contribution in [-0.4, -0.2) is 51.7 Å². The maximum absolute atomic E-state index is 12.6. The van der Waals surface area contributed by atoms with Gasteiger partial charge in [-0.1, -0.05) is 24.3 Å². The van der Waals surface area contributed by atoms with Crippen LogP contribution in [0.25, 0.3) is 5.65 Å². The highest BCUT2D eigenvalue weighted by molar-refractivity contribution is 6.00. The number of hydrogen-bond acceptors (Lipinski definition) is 5. The lowest BCUT2D eigenvalue weighted by atomic mass is 10.1. The van der Waals surface area contributed by atoms with Gasteiger partial charge in [-0.2, -0.15) is 5.10 Å². The monoisotopic (exact) mass is 365 g/mol. The van der Waals surface area contributed by atoms with Gasteiger partial charge >= 0.3 is 0 Å². The van der Waals surface area contributed by atoms with Crippen LogP contribution in [0.1, 0.15) is 27.2 Å². The van der Waals surface area contributed by atoms with Crippen LogP contribution in [0, 0.1) is 6.92 Å². The minimum Gasteiger partial charge on any atom is -0.379 e. The summed E-state index contributed by atoms with van der Waals surface area (Å²) in [6.45, 7) is 6.80. The van der Waals surface area contributed by atoms with Gasteiger partial charge in [0.15, 0.2) is 5.65 Å². The van der Waals surface area contributed by atoms with Gasteiger partial charge in [-0.25, -0.2) is 9.50 Å². The fourth-order valence-electron chi connectivity index (χ4n) is 3.31. The number of rotatable bonds is 5. The van der Waals surface area contributed by atoms with E-state index in [2.05, 4.69) is 44.6 Å². The minimum absolute atomic E-state index is 0.154. The molecule has 1 N–H and O–H groups in total. The Morgan fingerprint density at radius 2 is 1.93 bits per heavy atom. The molecule has 1 aliphatic heterocycles. The Balaban J connectivity index is 1.38.